The van der Waals surface area contributed by atoms with E-state index in [2.05, 4.69) is 63.3 Å². The molecule has 77 heavy (non-hydrogen) atoms. The second kappa shape index (κ2) is 23.9. The van der Waals surface area contributed by atoms with Crippen LogP contribution in [-0.2, 0) is 37.9 Å². The fourth-order valence-corrected chi connectivity index (χ4v) is 17.0. The Labute approximate surface area is 463 Å². The molecule has 4 aliphatic carbocycles. The van der Waals surface area contributed by atoms with Crippen molar-refractivity contribution in [3.63, 3.8) is 0 Å². The average Bonchev–Trinajstić information content (AvgIpc) is 4.04. The number of aliphatic hydroxyl groups is 15. The Kier molecular flexibility index (Phi) is 19.4. The lowest BCUT2D eigenvalue weighted by Crippen LogP contribution is -2.72. The predicted molar refractivity (Wildman–Crippen MR) is 275 cm³/mol. The van der Waals surface area contributed by atoms with Crippen molar-refractivity contribution < 1.29 is 114 Å². The van der Waals surface area contributed by atoms with E-state index < -0.39 is 182 Å². The molecule has 23 nitrogen and oxygen atoms in total. The highest BCUT2D eigenvalue weighted by Crippen LogP contribution is 2.78. The van der Waals surface area contributed by atoms with Crippen LogP contribution in [0.15, 0.2) is 11.6 Å². The van der Waals surface area contributed by atoms with Crippen LogP contribution >= 0.6 is 22.6 Å². The number of halogens is 1. The Bertz CT molecular complexity index is 2000. The zero-order valence-electron chi connectivity index (χ0n) is 45.1. The molecule has 24 heteroatoms. The average molecular weight is 1220 g/mol. The number of hydrogen-bond donors (Lipinski definition) is 15. The largest absolute Gasteiger partial charge is 0.394 e. The molecule has 30 atom stereocenters. The maximum Gasteiger partial charge on any atom is 0.187 e. The molecular weight excluding hydrogens is 1130 g/mol. The molecule has 4 heterocycles. The van der Waals surface area contributed by atoms with E-state index in [0.717, 1.165) is 24.8 Å². The lowest BCUT2D eigenvalue weighted by atomic mass is 9.35. The van der Waals surface area contributed by atoms with Crippen LogP contribution in [0.2, 0.25) is 0 Å². The van der Waals surface area contributed by atoms with Crippen LogP contribution in [-0.4, -0.2) is 248 Å². The molecule has 0 radical (unpaired) electrons. The van der Waals surface area contributed by atoms with Crippen molar-refractivity contribution in [1.82, 2.24) is 0 Å². The highest BCUT2D eigenvalue weighted by molar-refractivity contribution is 14.1. The third-order valence-corrected chi connectivity index (χ3v) is 23.7. The van der Waals surface area contributed by atoms with Crippen molar-refractivity contribution in [3.05, 3.63) is 11.6 Å². The van der Waals surface area contributed by atoms with Gasteiger partial charge in [-0.15, -0.1) is 0 Å². The quantitative estimate of drug-likeness (QED) is 0.0343. The maximum absolute atomic E-state index is 12.8. The number of ether oxygens (including phenoxy) is 8. The Morgan fingerprint density at radius 2 is 1.06 bits per heavy atom. The zero-order valence-corrected chi connectivity index (χ0v) is 47.3. The van der Waals surface area contributed by atoms with E-state index in [9.17, 15) is 76.6 Å². The number of alkyl halides is 1. The molecule has 446 valence electrons. The monoisotopic (exact) mass is 1220 g/mol. The van der Waals surface area contributed by atoms with Gasteiger partial charge in [-0.1, -0.05) is 68.9 Å². The topological polar surface area (TPSA) is 377 Å². The highest BCUT2D eigenvalue weighted by Gasteiger charge is 2.75. The third-order valence-electron chi connectivity index (χ3n) is 20.6. The van der Waals surface area contributed by atoms with Gasteiger partial charge in [-0.05, 0) is 106 Å². The summed E-state index contributed by atoms with van der Waals surface area (Å²) in [5, 5.41) is 162. The van der Waals surface area contributed by atoms with Gasteiger partial charge < -0.3 is 114 Å². The molecule has 0 bridgehead atoms. The molecule has 0 aromatic carbocycles. The van der Waals surface area contributed by atoms with Crippen molar-refractivity contribution in [2.45, 2.75) is 251 Å². The molecule has 8 fully saturated rings. The summed E-state index contributed by atoms with van der Waals surface area (Å²) < 4.78 is 48.3. The fraction of sp³-hybridized carbons (Fsp3) is 0.962. The molecule has 0 aromatic rings. The van der Waals surface area contributed by atoms with Gasteiger partial charge in [0.05, 0.1) is 44.7 Å². The van der Waals surface area contributed by atoms with Crippen LogP contribution < -0.4 is 0 Å². The van der Waals surface area contributed by atoms with Crippen molar-refractivity contribution in [2.24, 2.45) is 39.4 Å². The van der Waals surface area contributed by atoms with E-state index in [4.69, 9.17) is 37.9 Å². The first-order valence-electron chi connectivity index (χ1n) is 27.6. The van der Waals surface area contributed by atoms with Gasteiger partial charge in [0.25, 0.3) is 0 Å². The molecule has 4 aliphatic heterocycles. The SMILES string of the molecule is CC(C)=CCCC(OC1OC(COC2OC(CO)C(O)C(O)C2O)C(O)C(O)C1O)[C@H]1CC[C@]2(C)[C@@H]1[C@H](O)C[C@@H]1[C@@]3(C)CC[C@H](OC4OC(CO)C(O)C(O)C4OC4OC(CO)C(O)C(O)C4O)C(C)(C)C3(I)CC[C@]12C. The zero-order chi connectivity index (χ0) is 56.6. The Hall–Kier alpha value is -0.450. The van der Waals surface area contributed by atoms with Gasteiger partial charge in [-0.3, -0.25) is 0 Å². The normalized spacial score (nSPS) is 53.2. The first-order chi connectivity index (χ1) is 36.1. The minimum Gasteiger partial charge on any atom is -0.394 e. The minimum atomic E-state index is -1.82. The molecule has 8 rings (SSSR count). The van der Waals surface area contributed by atoms with Crippen LogP contribution in [0.25, 0.3) is 0 Å². The molecule has 0 amide bonds. The third kappa shape index (κ3) is 10.8. The molecule has 22 unspecified atom stereocenters. The molecule has 0 aromatic heterocycles. The van der Waals surface area contributed by atoms with Gasteiger partial charge in [0.2, 0.25) is 0 Å². The number of allylic oxidation sites excluding steroid dienone is 2. The van der Waals surface area contributed by atoms with E-state index in [1.54, 1.807) is 0 Å². The molecule has 4 saturated carbocycles. The van der Waals surface area contributed by atoms with Crippen molar-refractivity contribution in [2.75, 3.05) is 26.4 Å². The van der Waals surface area contributed by atoms with Crippen LogP contribution in [0.1, 0.15) is 106 Å². The fourth-order valence-electron chi connectivity index (χ4n) is 15.7. The molecule has 8 aliphatic rings. The summed E-state index contributed by atoms with van der Waals surface area (Å²) in [7, 11) is 0. The van der Waals surface area contributed by atoms with Gasteiger partial charge in [0.1, 0.15) is 97.7 Å². The van der Waals surface area contributed by atoms with Crippen LogP contribution in [0.4, 0.5) is 0 Å². The van der Waals surface area contributed by atoms with Crippen LogP contribution in [0, 0.1) is 39.4 Å². The summed E-state index contributed by atoms with van der Waals surface area (Å²) in [6.07, 6.45) is -25.8. The minimum absolute atomic E-state index is 0.00874. The second-order valence-electron chi connectivity index (χ2n) is 25.1. The van der Waals surface area contributed by atoms with Gasteiger partial charge in [0.15, 0.2) is 25.2 Å². The molecule has 4 saturated heterocycles. The van der Waals surface area contributed by atoms with E-state index in [1.807, 2.05) is 13.8 Å². The number of aliphatic hydroxyl groups excluding tert-OH is 15. The lowest BCUT2D eigenvalue weighted by Gasteiger charge is -2.73. The van der Waals surface area contributed by atoms with E-state index in [0.29, 0.717) is 38.5 Å². The first kappa shape index (κ1) is 62.6. The first-order valence-corrected chi connectivity index (χ1v) is 28.7. The van der Waals surface area contributed by atoms with E-state index in [1.165, 1.54) is 0 Å². The summed E-state index contributed by atoms with van der Waals surface area (Å²) in [4.78, 5) is 0. The number of rotatable bonds is 16. The van der Waals surface area contributed by atoms with Crippen molar-refractivity contribution >= 4 is 22.6 Å². The molecular formula is C53H89IO23. The second-order valence-corrected chi connectivity index (χ2v) is 26.9. The van der Waals surface area contributed by atoms with E-state index >= 15 is 0 Å². The van der Waals surface area contributed by atoms with Crippen molar-refractivity contribution in [1.29, 1.82) is 0 Å². The molecule has 0 spiro atoms. The van der Waals surface area contributed by atoms with Crippen LogP contribution in [0.3, 0.4) is 0 Å². The number of hydrogen-bond acceptors (Lipinski definition) is 23. The predicted octanol–water partition coefficient (Wildman–Crippen LogP) is -2.04. The highest BCUT2D eigenvalue weighted by atomic mass is 127. The van der Waals surface area contributed by atoms with Crippen molar-refractivity contribution in [3.8, 4) is 0 Å². The van der Waals surface area contributed by atoms with Gasteiger partial charge >= 0.3 is 0 Å². The summed E-state index contributed by atoms with van der Waals surface area (Å²) in [5.74, 6) is -0.480. The Morgan fingerprint density at radius 3 is 1.65 bits per heavy atom. The summed E-state index contributed by atoms with van der Waals surface area (Å²) in [6, 6.07) is 0. The van der Waals surface area contributed by atoms with Gasteiger partial charge in [0, 0.05) is 8.84 Å². The number of fused-ring (bicyclic) bond motifs is 5. The molecule has 15 N–H and O–H groups in total. The smallest absolute Gasteiger partial charge is 0.187 e. The van der Waals surface area contributed by atoms with Crippen LogP contribution in [0.5, 0.6) is 0 Å². The summed E-state index contributed by atoms with van der Waals surface area (Å²) in [5.41, 5.74) is -0.659. The summed E-state index contributed by atoms with van der Waals surface area (Å²) >= 11 is 2.61. The van der Waals surface area contributed by atoms with E-state index in [-0.39, 0.29) is 28.6 Å². The van der Waals surface area contributed by atoms with Gasteiger partial charge in [-0.25, -0.2) is 0 Å². The lowest BCUT2D eigenvalue weighted by molar-refractivity contribution is -0.377. The Morgan fingerprint density at radius 1 is 0.558 bits per heavy atom. The maximum atomic E-state index is 12.8. The van der Waals surface area contributed by atoms with Gasteiger partial charge in [-0.2, -0.15) is 0 Å². The standard InChI is InChI=1S/C53H89IO23/c1-22(2)9-8-10-25(71-46-42(68)39(65)36(62)29(75-46)21-70-45-41(67)37(63)33(59)26(18-55)72-45)23-11-13-52(7)32(23)24(58)17-30-50(52,5)15-16-53(54)49(3,4)31(12-14-51(30,53)6)76-48-44(40(66)35(61)28(20-57)74-48)77-47-43(69)38(64)34(60)27(19-56)73-47/h9,23-48,55-69H,8,10-21H2,1-7H3/t23-,24-,25?,26?,27?,28?,29?,30+,31+,32+,33?,34?,35?,36?,37?,38?,39?,40?,41?,42?,43?,44?,45?,46?,47?,48?,50-,51-,52-,53?/m1/s1. The Balaban J connectivity index is 1.01. The summed E-state index contributed by atoms with van der Waals surface area (Å²) in [6.45, 7) is 12.6.